The maximum Gasteiger partial charge on any atom is 0.306 e. The first-order valence-corrected chi connectivity index (χ1v) is 12.9. The van der Waals surface area contributed by atoms with Crippen LogP contribution in [0.1, 0.15) is 95.1 Å². The Morgan fingerprint density at radius 3 is 2.69 bits per heavy atom. The predicted octanol–water partition coefficient (Wildman–Crippen LogP) is 5.79. The van der Waals surface area contributed by atoms with Crippen LogP contribution in [-0.2, 0) is 16.0 Å². The largest absolute Gasteiger partial charge is 0.497 e. The number of rotatable bonds is 5. The van der Waals surface area contributed by atoms with E-state index >= 15 is 0 Å². The number of aryl methyl sites for hydroxylation is 1. The summed E-state index contributed by atoms with van der Waals surface area (Å²) in [4.78, 5) is 12.8. The molecular formula is C28H40O4. The third-order valence-electron chi connectivity index (χ3n) is 9.65. The maximum atomic E-state index is 12.8. The Kier molecular flexibility index (Phi) is 5.80. The molecule has 0 radical (unpaired) electrons. The summed E-state index contributed by atoms with van der Waals surface area (Å²) in [6.07, 6.45) is 11.2. The van der Waals surface area contributed by atoms with Crippen LogP contribution in [0, 0.1) is 23.2 Å². The number of ether oxygens (including phenoxy) is 2. The molecule has 4 aliphatic carbocycles. The molecular weight excluding hydrogens is 400 g/mol. The summed E-state index contributed by atoms with van der Waals surface area (Å²) >= 11 is 0. The first-order chi connectivity index (χ1) is 15.3. The van der Waals surface area contributed by atoms with Crippen LogP contribution >= 0.6 is 0 Å². The number of fused-ring (bicyclic) bond motifs is 5. The molecule has 1 aromatic carbocycles. The van der Waals surface area contributed by atoms with Crippen molar-refractivity contribution < 1.29 is 19.4 Å². The number of aliphatic hydroxyl groups is 1. The van der Waals surface area contributed by atoms with Crippen LogP contribution in [0.15, 0.2) is 18.2 Å². The number of methoxy groups -OCH3 is 1. The number of esters is 1. The van der Waals surface area contributed by atoms with E-state index < -0.39 is 11.7 Å². The first-order valence-electron chi connectivity index (χ1n) is 12.9. The summed E-state index contributed by atoms with van der Waals surface area (Å²) in [5.74, 6) is 2.99. The molecule has 6 atom stereocenters. The van der Waals surface area contributed by atoms with E-state index in [0.717, 1.165) is 44.3 Å². The molecule has 1 N–H and O–H groups in total. The van der Waals surface area contributed by atoms with Gasteiger partial charge in [0.05, 0.1) is 12.7 Å². The van der Waals surface area contributed by atoms with Crippen LogP contribution in [0.2, 0.25) is 0 Å². The molecule has 0 amide bonds. The fourth-order valence-electron chi connectivity index (χ4n) is 8.08. The summed E-state index contributed by atoms with van der Waals surface area (Å²) in [6, 6.07) is 6.56. The molecule has 1 aromatic rings. The van der Waals surface area contributed by atoms with Crippen LogP contribution in [-0.4, -0.2) is 29.9 Å². The third-order valence-corrected chi connectivity index (χ3v) is 9.65. The lowest BCUT2D eigenvalue weighted by Gasteiger charge is -2.50. The zero-order valence-corrected chi connectivity index (χ0v) is 20.1. The van der Waals surface area contributed by atoms with Gasteiger partial charge >= 0.3 is 5.97 Å². The summed E-state index contributed by atoms with van der Waals surface area (Å²) in [5.41, 5.74) is 1.81. The quantitative estimate of drug-likeness (QED) is 0.589. The van der Waals surface area contributed by atoms with Crippen molar-refractivity contribution in [1.29, 1.82) is 0 Å². The molecule has 0 aliphatic heterocycles. The van der Waals surface area contributed by atoms with Gasteiger partial charge in [0.2, 0.25) is 0 Å². The van der Waals surface area contributed by atoms with Crippen molar-refractivity contribution in [2.45, 2.75) is 102 Å². The minimum atomic E-state index is -0.947. The zero-order chi connectivity index (χ0) is 22.5. The van der Waals surface area contributed by atoms with Crippen molar-refractivity contribution in [3.8, 4) is 5.75 Å². The van der Waals surface area contributed by atoms with Gasteiger partial charge < -0.3 is 14.6 Å². The van der Waals surface area contributed by atoms with E-state index in [2.05, 4.69) is 25.1 Å². The summed E-state index contributed by atoms with van der Waals surface area (Å²) in [6.45, 7) is 4.19. The fraction of sp³-hybridized carbons (Fsp3) is 0.750. The molecule has 0 bridgehead atoms. The highest BCUT2D eigenvalue weighted by Gasteiger charge is 2.63. The Morgan fingerprint density at radius 1 is 1.16 bits per heavy atom. The molecule has 4 heteroatoms. The Labute approximate surface area is 193 Å². The van der Waals surface area contributed by atoms with Crippen molar-refractivity contribution >= 4 is 5.97 Å². The zero-order valence-electron chi connectivity index (χ0n) is 20.1. The molecule has 32 heavy (non-hydrogen) atoms. The molecule has 4 aliphatic rings. The molecule has 0 spiro atoms. The van der Waals surface area contributed by atoms with Gasteiger partial charge in [0.25, 0.3) is 0 Å². The fourth-order valence-corrected chi connectivity index (χ4v) is 8.08. The standard InChI is InChI=1S/C28H40O4/c1-27-15-14-22-21-12-10-20(31-3)16-19(21)9-11-23(22)24(27)17-28(2,30)26(27)32-25(29)13-8-18-6-4-5-7-18/h10,12,16,18,22-24,26,30H,4-9,11,13-15,17H2,1-3H3/t22-,23-,24+,26-,27+,28+/m1/s1. The number of hydrogen-bond donors (Lipinski definition) is 1. The van der Waals surface area contributed by atoms with Crippen molar-refractivity contribution in [2.75, 3.05) is 7.11 Å². The summed E-state index contributed by atoms with van der Waals surface area (Å²) in [7, 11) is 1.73. The SMILES string of the molecule is COc1ccc2c(c1)CC[C@@H]1[C@@H]2CC[C@]2(C)[C@@H](OC(=O)CCC3CCCC3)[C@@](C)(O)C[C@@H]12. The molecule has 4 nitrogen and oxygen atoms in total. The average Bonchev–Trinajstić information content (AvgIpc) is 3.37. The minimum Gasteiger partial charge on any atom is -0.497 e. The molecule has 176 valence electrons. The topological polar surface area (TPSA) is 55.8 Å². The van der Waals surface area contributed by atoms with Gasteiger partial charge in [-0.25, -0.2) is 0 Å². The minimum absolute atomic E-state index is 0.104. The highest BCUT2D eigenvalue weighted by atomic mass is 16.6. The average molecular weight is 441 g/mol. The van der Waals surface area contributed by atoms with E-state index in [9.17, 15) is 9.90 Å². The highest BCUT2D eigenvalue weighted by molar-refractivity contribution is 5.69. The summed E-state index contributed by atoms with van der Waals surface area (Å²) < 4.78 is 11.6. The van der Waals surface area contributed by atoms with Crippen molar-refractivity contribution in [2.24, 2.45) is 23.2 Å². The number of hydrogen-bond acceptors (Lipinski definition) is 4. The summed E-state index contributed by atoms with van der Waals surface area (Å²) in [5, 5.41) is 11.4. The van der Waals surface area contributed by atoms with Crippen LogP contribution in [0.5, 0.6) is 5.75 Å². The molecule has 3 fully saturated rings. The number of benzene rings is 1. The van der Waals surface area contributed by atoms with E-state index in [1.54, 1.807) is 7.11 Å². The van der Waals surface area contributed by atoms with Gasteiger partial charge in [-0.2, -0.15) is 0 Å². The smallest absolute Gasteiger partial charge is 0.306 e. The Bertz CT molecular complexity index is 855. The van der Waals surface area contributed by atoms with Gasteiger partial charge in [-0.15, -0.1) is 0 Å². The van der Waals surface area contributed by atoms with Crippen molar-refractivity contribution in [3.05, 3.63) is 29.3 Å². The molecule has 3 saturated carbocycles. The number of carbonyl (C=O) groups excluding carboxylic acids is 1. The molecule has 5 rings (SSSR count). The second-order valence-corrected chi connectivity index (χ2v) is 11.6. The van der Waals surface area contributed by atoms with Gasteiger partial charge in [-0.1, -0.05) is 38.7 Å². The normalized spacial score (nSPS) is 38.6. The molecule has 0 saturated heterocycles. The van der Waals surface area contributed by atoms with Gasteiger partial charge in [-0.05, 0) is 92.4 Å². The van der Waals surface area contributed by atoms with Crippen LogP contribution < -0.4 is 4.74 Å². The first kappa shape index (κ1) is 22.3. The van der Waals surface area contributed by atoms with E-state index in [1.165, 1.54) is 36.8 Å². The van der Waals surface area contributed by atoms with Gasteiger partial charge in [0.1, 0.15) is 11.9 Å². The van der Waals surface area contributed by atoms with Crippen molar-refractivity contribution in [1.82, 2.24) is 0 Å². The lowest BCUT2D eigenvalue weighted by atomic mass is 9.55. The van der Waals surface area contributed by atoms with Crippen LogP contribution in [0.3, 0.4) is 0 Å². The maximum absolute atomic E-state index is 12.8. The Morgan fingerprint density at radius 2 is 1.94 bits per heavy atom. The number of carbonyl (C=O) groups is 1. The van der Waals surface area contributed by atoms with Gasteiger partial charge in [0.15, 0.2) is 0 Å². The van der Waals surface area contributed by atoms with Crippen LogP contribution in [0.4, 0.5) is 0 Å². The van der Waals surface area contributed by atoms with Gasteiger partial charge in [-0.3, -0.25) is 4.79 Å². The van der Waals surface area contributed by atoms with E-state index in [4.69, 9.17) is 9.47 Å². The lowest BCUT2D eigenvalue weighted by Crippen LogP contribution is -2.49. The highest BCUT2D eigenvalue weighted by Crippen LogP contribution is 2.64. The van der Waals surface area contributed by atoms with Gasteiger partial charge in [0, 0.05) is 11.8 Å². The lowest BCUT2D eigenvalue weighted by molar-refractivity contribution is -0.173. The second-order valence-electron chi connectivity index (χ2n) is 11.6. The monoisotopic (exact) mass is 440 g/mol. The van der Waals surface area contributed by atoms with E-state index in [-0.39, 0.29) is 11.4 Å². The van der Waals surface area contributed by atoms with Crippen molar-refractivity contribution in [3.63, 3.8) is 0 Å². The predicted molar refractivity (Wildman–Crippen MR) is 125 cm³/mol. The molecule has 0 aromatic heterocycles. The molecule has 0 heterocycles. The van der Waals surface area contributed by atoms with E-state index in [1.807, 2.05) is 6.92 Å². The van der Waals surface area contributed by atoms with Crippen LogP contribution in [0.25, 0.3) is 0 Å². The third kappa shape index (κ3) is 3.77. The Hall–Kier alpha value is -1.55. The van der Waals surface area contributed by atoms with E-state index in [0.29, 0.717) is 30.1 Å². The second kappa shape index (κ2) is 8.34. The molecule has 0 unspecified atom stereocenters. The Balaban J connectivity index is 1.32.